The number of rotatable bonds is 9. The largest absolute Gasteiger partial charge is 0.496 e. The third kappa shape index (κ3) is 5.03. The molecule has 0 unspecified atom stereocenters. The average Bonchev–Trinajstić information content (AvgIpc) is 2.72. The number of methoxy groups -OCH3 is 1. The topological polar surface area (TPSA) is 90.0 Å². The van der Waals surface area contributed by atoms with Gasteiger partial charge in [-0.05, 0) is 43.3 Å². The minimum absolute atomic E-state index is 0.108. The van der Waals surface area contributed by atoms with E-state index in [2.05, 4.69) is 0 Å². The lowest BCUT2D eigenvalue weighted by molar-refractivity contribution is 0.0469. The summed E-state index contributed by atoms with van der Waals surface area (Å²) in [7, 11) is -2.64. The maximum absolute atomic E-state index is 14.2. The molecule has 0 heterocycles. The molecular weight excluding hydrogens is 413 g/mol. The van der Waals surface area contributed by atoms with Gasteiger partial charge in [0.1, 0.15) is 23.1 Å². The molecule has 9 heteroatoms. The number of benzene rings is 2. The van der Waals surface area contributed by atoms with E-state index in [0.717, 1.165) is 22.5 Å². The number of sulfonamides is 1. The number of ketones is 1. The lowest BCUT2D eigenvalue weighted by Gasteiger charge is -2.19. The van der Waals surface area contributed by atoms with Gasteiger partial charge in [-0.2, -0.15) is 4.31 Å². The summed E-state index contributed by atoms with van der Waals surface area (Å²) in [4.78, 5) is 23.5. The Morgan fingerprint density at radius 3 is 2.23 bits per heavy atom. The lowest BCUT2D eigenvalue weighted by Crippen LogP contribution is -2.31. The van der Waals surface area contributed by atoms with E-state index in [1.807, 2.05) is 0 Å². The summed E-state index contributed by atoms with van der Waals surface area (Å²) in [5, 5.41) is 0. The Bertz CT molecular complexity index is 1050. The zero-order valence-electron chi connectivity index (χ0n) is 17.3. The highest BCUT2D eigenvalue weighted by atomic mass is 32.2. The minimum atomic E-state index is -4.09. The van der Waals surface area contributed by atoms with Gasteiger partial charge >= 0.3 is 5.97 Å². The fourth-order valence-corrected chi connectivity index (χ4v) is 4.42. The highest BCUT2D eigenvalue weighted by Crippen LogP contribution is 2.24. The molecule has 0 fully saturated rings. The number of esters is 1. The van der Waals surface area contributed by atoms with Gasteiger partial charge in [-0.3, -0.25) is 4.79 Å². The molecular formula is C21H24FNO6S. The zero-order chi connectivity index (χ0) is 22.5. The van der Waals surface area contributed by atoms with Crippen molar-refractivity contribution in [1.82, 2.24) is 4.31 Å². The first-order valence-electron chi connectivity index (χ1n) is 9.30. The van der Waals surface area contributed by atoms with E-state index < -0.39 is 26.7 Å². The monoisotopic (exact) mass is 437 g/mol. The van der Waals surface area contributed by atoms with Crippen molar-refractivity contribution in [3.8, 4) is 5.75 Å². The van der Waals surface area contributed by atoms with Crippen LogP contribution >= 0.6 is 0 Å². The van der Waals surface area contributed by atoms with Crippen LogP contribution in [0.2, 0.25) is 0 Å². The standard InChI is InChI=1S/C21H24FNO6S/c1-5-23(6-2)30(26,27)20-12-16(7-9-18(20)22)21(25)29-13-17-11-15(14(3)24)8-10-19(17)28-4/h7-12H,5-6,13H2,1-4H3. The number of halogens is 1. The van der Waals surface area contributed by atoms with Gasteiger partial charge in [0.25, 0.3) is 0 Å². The number of hydrogen-bond donors (Lipinski definition) is 0. The van der Waals surface area contributed by atoms with Gasteiger partial charge in [-0.1, -0.05) is 13.8 Å². The maximum Gasteiger partial charge on any atom is 0.338 e. The molecule has 0 amide bonds. The molecule has 0 aliphatic heterocycles. The summed E-state index contributed by atoms with van der Waals surface area (Å²) < 4.78 is 51.1. The molecule has 2 aromatic rings. The SMILES string of the molecule is CCN(CC)S(=O)(=O)c1cc(C(=O)OCc2cc(C(C)=O)ccc2OC)ccc1F. The molecule has 0 radical (unpaired) electrons. The van der Waals surface area contributed by atoms with Crippen molar-refractivity contribution in [2.45, 2.75) is 32.3 Å². The van der Waals surface area contributed by atoms with Crippen LogP contribution in [0.25, 0.3) is 0 Å². The summed E-state index contributed by atoms with van der Waals surface area (Å²) in [6.45, 7) is 4.81. The normalized spacial score (nSPS) is 11.4. The fourth-order valence-electron chi connectivity index (χ4n) is 2.87. The highest BCUT2D eigenvalue weighted by Gasteiger charge is 2.26. The second-order valence-electron chi connectivity index (χ2n) is 6.39. The number of ether oxygens (including phenoxy) is 2. The van der Waals surface area contributed by atoms with Gasteiger partial charge in [0, 0.05) is 24.2 Å². The number of carbonyl (C=O) groups excluding carboxylic acids is 2. The first-order chi connectivity index (χ1) is 14.1. The molecule has 2 rings (SSSR count). The van der Waals surface area contributed by atoms with Crippen molar-refractivity contribution in [3.05, 3.63) is 58.9 Å². The molecule has 0 bridgehead atoms. The van der Waals surface area contributed by atoms with Crippen LogP contribution in [0.4, 0.5) is 4.39 Å². The van der Waals surface area contributed by atoms with Crippen LogP contribution in [0.5, 0.6) is 5.75 Å². The van der Waals surface area contributed by atoms with Gasteiger partial charge in [-0.15, -0.1) is 0 Å². The molecule has 0 N–H and O–H groups in total. The van der Waals surface area contributed by atoms with Crippen molar-refractivity contribution in [2.75, 3.05) is 20.2 Å². The first-order valence-corrected chi connectivity index (χ1v) is 10.7. The third-order valence-corrected chi connectivity index (χ3v) is 6.60. The van der Waals surface area contributed by atoms with E-state index in [1.54, 1.807) is 32.0 Å². The van der Waals surface area contributed by atoms with Crippen LogP contribution < -0.4 is 4.74 Å². The number of carbonyl (C=O) groups is 2. The predicted octanol–water partition coefficient (Wildman–Crippen LogP) is 3.42. The van der Waals surface area contributed by atoms with E-state index in [4.69, 9.17) is 9.47 Å². The Hall–Kier alpha value is -2.78. The summed E-state index contributed by atoms with van der Waals surface area (Å²) >= 11 is 0. The van der Waals surface area contributed by atoms with E-state index >= 15 is 0 Å². The Kier molecular flexibility index (Phi) is 7.69. The van der Waals surface area contributed by atoms with Crippen LogP contribution in [-0.4, -0.2) is 44.7 Å². The summed E-state index contributed by atoms with van der Waals surface area (Å²) in [6, 6.07) is 7.78. The van der Waals surface area contributed by atoms with Crippen LogP contribution in [0, 0.1) is 5.82 Å². The number of nitrogens with zero attached hydrogens (tertiary/aromatic N) is 1. The Morgan fingerprint density at radius 1 is 1.03 bits per heavy atom. The smallest absolute Gasteiger partial charge is 0.338 e. The van der Waals surface area contributed by atoms with E-state index in [0.29, 0.717) is 16.9 Å². The lowest BCUT2D eigenvalue weighted by atomic mass is 10.1. The Morgan fingerprint density at radius 2 is 1.67 bits per heavy atom. The Labute approximate surface area is 175 Å². The quantitative estimate of drug-likeness (QED) is 0.441. The molecule has 7 nitrogen and oxygen atoms in total. The van der Waals surface area contributed by atoms with Crippen LogP contribution in [-0.2, 0) is 21.4 Å². The van der Waals surface area contributed by atoms with E-state index in [9.17, 15) is 22.4 Å². The molecule has 0 aromatic heterocycles. The second kappa shape index (κ2) is 9.82. The van der Waals surface area contributed by atoms with Crippen LogP contribution in [0.3, 0.4) is 0 Å². The third-order valence-electron chi connectivity index (χ3n) is 4.54. The van der Waals surface area contributed by atoms with Gasteiger partial charge in [0.2, 0.25) is 10.0 Å². The van der Waals surface area contributed by atoms with Crippen molar-refractivity contribution in [1.29, 1.82) is 0 Å². The van der Waals surface area contributed by atoms with Gasteiger partial charge in [0.05, 0.1) is 12.7 Å². The predicted molar refractivity (Wildman–Crippen MR) is 109 cm³/mol. The summed E-state index contributed by atoms with van der Waals surface area (Å²) in [5.74, 6) is -1.51. The van der Waals surface area contributed by atoms with Gasteiger partial charge in [-0.25, -0.2) is 17.6 Å². The molecule has 2 aromatic carbocycles. The maximum atomic E-state index is 14.2. The average molecular weight is 437 g/mol. The second-order valence-corrected chi connectivity index (χ2v) is 8.30. The molecule has 30 heavy (non-hydrogen) atoms. The fraction of sp³-hybridized carbons (Fsp3) is 0.333. The number of hydrogen-bond acceptors (Lipinski definition) is 6. The molecule has 0 saturated heterocycles. The molecule has 0 aliphatic carbocycles. The van der Waals surface area contributed by atoms with Crippen LogP contribution in [0.1, 0.15) is 47.1 Å². The molecule has 0 atom stereocenters. The van der Waals surface area contributed by atoms with Gasteiger partial charge in [0.15, 0.2) is 5.78 Å². The zero-order valence-corrected chi connectivity index (χ0v) is 18.1. The van der Waals surface area contributed by atoms with Crippen molar-refractivity contribution < 1.29 is 31.9 Å². The summed E-state index contributed by atoms with van der Waals surface area (Å²) in [5.41, 5.74) is 0.789. The summed E-state index contributed by atoms with van der Waals surface area (Å²) in [6.07, 6.45) is 0. The van der Waals surface area contributed by atoms with Crippen molar-refractivity contribution in [2.24, 2.45) is 0 Å². The van der Waals surface area contributed by atoms with Gasteiger partial charge < -0.3 is 9.47 Å². The molecule has 0 spiro atoms. The first kappa shape index (κ1) is 23.5. The number of Topliss-reactive ketones (excluding diaryl/α,β-unsaturated/α-hetero) is 1. The van der Waals surface area contributed by atoms with Crippen LogP contribution in [0.15, 0.2) is 41.3 Å². The van der Waals surface area contributed by atoms with E-state index in [-0.39, 0.29) is 31.0 Å². The highest BCUT2D eigenvalue weighted by molar-refractivity contribution is 7.89. The molecule has 0 aliphatic rings. The minimum Gasteiger partial charge on any atom is -0.496 e. The van der Waals surface area contributed by atoms with E-state index in [1.165, 1.54) is 14.0 Å². The molecule has 0 saturated carbocycles. The van der Waals surface area contributed by atoms with Crippen molar-refractivity contribution in [3.63, 3.8) is 0 Å². The van der Waals surface area contributed by atoms with Crippen molar-refractivity contribution >= 4 is 21.8 Å². The molecule has 162 valence electrons. The Balaban J connectivity index is 2.29.